The molecule has 7 unspecified atom stereocenters. The second kappa shape index (κ2) is 58.6. The zero-order chi connectivity index (χ0) is 58.0. The minimum Gasteiger partial charge on any atom is -0.466 e. The zero-order valence-electron chi connectivity index (χ0n) is 52.1. The molecule has 0 spiro atoms. The lowest BCUT2D eigenvalue weighted by molar-refractivity contribution is -0.302. The first-order chi connectivity index (χ1) is 39.2. The molecule has 0 aromatic carbocycles. The van der Waals surface area contributed by atoms with Gasteiger partial charge in [-0.25, -0.2) is 0 Å². The van der Waals surface area contributed by atoms with Gasteiger partial charge in [-0.3, -0.25) is 9.59 Å². The second-order valence-electron chi connectivity index (χ2n) is 23.9. The van der Waals surface area contributed by atoms with Crippen LogP contribution in [0.1, 0.15) is 328 Å². The van der Waals surface area contributed by atoms with Crippen molar-refractivity contribution in [1.82, 2.24) is 5.32 Å². The number of amides is 1. The minimum atomic E-state index is -1.57. The number of aliphatic hydroxyl groups is 5. The van der Waals surface area contributed by atoms with Gasteiger partial charge in [0.15, 0.2) is 6.29 Å². The molecule has 470 valence electrons. The average molecular weight is 1130 g/mol. The van der Waals surface area contributed by atoms with Crippen LogP contribution in [-0.2, 0) is 23.8 Å². The first-order valence-corrected chi connectivity index (χ1v) is 34.3. The number of aliphatic hydroxyl groups excluding tert-OH is 5. The van der Waals surface area contributed by atoms with Crippen molar-refractivity contribution >= 4 is 11.9 Å². The predicted molar refractivity (Wildman–Crippen MR) is 334 cm³/mol. The maximum Gasteiger partial charge on any atom is 0.305 e. The molecule has 1 aliphatic heterocycles. The fraction of sp³-hybridized carbons (Fsp3) is 0.884. The molecule has 1 heterocycles. The van der Waals surface area contributed by atoms with Crippen molar-refractivity contribution in [2.24, 2.45) is 0 Å². The van der Waals surface area contributed by atoms with E-state index in [1.807, 2.05) is 6.08 Å². The summed E-state index contributed by atoms with van der Waals surface area (Å²) in [4.78, 5) is 25.1. The molecule has 1 fully saturated rings. The molecule has 0 aromatic heterocycles. The van der Waals surface area contributed by atoms with Crippen molar-refractivity contribution < 1.29 is 49.3 Å². The van der Waals surface area contributed by atoms with Gasteiger partial charge in [-0.1, -0.05) is 269 Å². The van der Waals surface area contributed by atoms with Crippen molar-refractivity contribution in [3.63, 3.8) is 0 Å². The molecule has 0 aliphatic carbocycles. The van der Waals surface area contributed by atoms with E-state index in [-0.39, 0.29) is 18.5 Å². The molecule has 1 aliphatic rings. The number of hydrogen-bond donors (Lipinski definition) is 6. The number of unbranched alkanes of at least 4 members (excludes halogenated alkanes) is 42. The number of hydrogen-bond acceptors (Lipinski definition) is 10. The van der Waals surface area contributed by atoms with Gasteiger partial charge in [0.25, 0.3) is 0 Å². The number of nitrogens with one attached hydrogen (secondary N) is 1. The lowest BCUT2D eigenvalue weighted by Gasteiger charge is -2.40. The summed E-state index contributed by atoms with van der Waals surface area (Å²) in [6.07, 6.45) is 64.3. The number of carbonyl (C=O) groups is 2. The molecular weight excluding hydrogens is 1000 g/mol. The Hall–Kier alpha value is -2.12. The second-order valence-corrected chi connectivity index (χ2v) is 23.9. The topological polar surface area (TPSA) is 175 Å². The van der Waals surface area contributed by atoms with E-state index in [2.05, 4.69) is 43.5 Å². The van der Waals surface area contributed by atoms with Crippen LogP contribution < -0.4 is 5.32 Å². The van der Waals surface area contributed by atoms with Crippen molar-refractivity contribution in [1.29, 1.82) is 0 Å². The molecule has 0 radical (unpaired) electrons. The SMILES string of the molecule is CCCCCC/C=C\CCCCCCCC(=O)OCCCCCCCCCCCCCC/C=C\CCCCCCCCCCCCCCCCC(=O)NC(COC1OC(CO)C(O)C(O)C1O)C(O)/C=C/CCCCCCCCC. The van der Waals surface area contributed by atoms with E-state index in [1.54, 1.807) is 6.08 Å². The Kier molecular flexibility index (Phi) is 55.6. The third kappa shape index (κ3) is 47.3. The molecule has 0 bridgehead atoms. The van der Waals surface area contributed by atoms with Crippen LogP contribution in [0.3, 0.4) is 0 Å². The summed E-state index contributed by atoms with van der Waals surface area (Å²) < 4.78 is 16.7. The van der Waals surface area contributed by atoms with E-state index in [9.17, 15) is 35.1 Å². The van der Waals surface area contributed by atoms with E-state index in [1.165, 1.54) is 244 Å². The summed E-state index contributed by atoms with van der Waals surface area (Å²) in [7, 11) is 0. The molecule has 7 atom stereocenters. The van der Waals surface area contributed by atoms with Crippen LogP contribution in [0.25, 0.3) is 0 Å². The Morgan fingerprint density at radius 2 is 0.800 bits per heavy atom. The van der Waals surface area contributed by atoms with Crippen LogP contribution in [0.4, 0.5) is 0 Å². The zero-order valence-corrected chi connectivity index (χ0v) is 52.1. The predicted octanol–water partition coefficient (Wildman–Crippen LogP) is 17.0. The van der Waals surface area contributed by atoms with E-state index in [4.69, 9.17) is 14.2 Å². The Morgan fingerprint density at radius 3 is 1.21 bits per heavy atom. The third-order valence-corrected chi connectivity index (χ3v) is 16.2. The Labute approximate surface area is 492 Å². The lowest BCUT2D eigenvalue weighted by atomic mass is 9.99. The van der Waals surface area contributed by atoms with Crippen LogP contribution in [0, 0.1) is 0 Å². The van der Waals surface area contributed by atoms with E-state index in [0.29, 0.717) is 19.4 Å². The van der Waals surface area contributed by atoms with Gasteiger partial charge in [0.2, 0.25) is 5.91 Å². The highest BCUT2D eigenvalue weighted by Gasteiger charge is 2.44. The molecular formula is C69H129NO10. The van der Waals surface area contributed by atoms with Crippen molar-refractivity contribution in [3.8, 4) is 0 Å². The largest absolute Gasteiger partial charge is 0.466 e. The molecule has 1 saturated heterocycles. The molecule has 6 N–H and O–H groups in total. The number of ether oxygens (including phenoxy) is 3. The van der Waals surface area contributed by atoms with Gasteiger partial charge in [-0.2, -0.15) is 0 Å². The number of rotatable bonds is 60. The number of allylic oxidation sites excluding steroid dienone is 5. The molecule has 11 nitrogen and oxygen atoms in total. The minimum absolute atomic E-state index is 0.000439. The van der Waals surface area contributed by atoms with Gasteiger partial charge in [0.05, 0.1) is 32.0 Å². The van der Waals surface area contributed by atoms with Crippen molar-refractivity contribution in [3.05, 3.63) is 36.5 Å². The Morgan fingerprint density at radius 1 is 0.450 bits per heavy atom. The molecule has 1 amide bonds. The fourth-order valence-electron chi connectivity index (χ4n) is 10.8. The molecule has 0 aromatic rings. The Balaban J connectivity index is 1.93. The van der Waals surface area contributed by atoms with Crippen LogP contribution in [0.2, 0.25) is 0 Å². The summed E-state index contributed by atoms with van der Waals surface area (Å²) in [6.45, 7) is 4.32. The smallest absolute Gasteiger partial charge is 0.305 e. The molecule has 1 rings (SSSR count). The van der Waals surface area contributed by atoms with E-state index >= 15 is 0 Å². The summed E-state index contributed by atoms with van der Waals surface area (Å²) in [5.41, 5.74) is 0. The molecule has 11 heteroatoms. The summed E-state index contributed by atoms with van der Waals surface area (Å²) in [5.74, 6) is -0.182. The van der Waals surface area contributed by atoms with Gasteiger partial charge in [-0.05, 0) is 83.5 Å². The summed E-state index contributed by atoms with van der Waals surface area (Å²) >= 11 is 0. The highest BCUT2D eigenvalue weighted by molar-refractivity contribution is 5.76. The average Bonchev–Trinajstić information content (AvgIpc) is 3.45. The highest BCUT2D eigenvalue weighted by atomic mass is 16.7. The summed E-state index contributed by atoms with van der Waals surface area (Å²) in [5, 5.41) is 54.3. The fourth-order valence-corrected chi connectivity index (χ4v) is 10.8. The molecule has 0 saturated carbocycles. The van der Waals surface area contributed by atoms with Gasteiger partial charge < -0.3 is 45.1 Å². The van der Waals surface area contributed by atoms with Crippen LogP contribution in [-0.4, -0.2) is 100 Å². The first kappa shape index (κ1) is 75.9. The Bertz CT molecular complexity index is 1420. The monoisotopic (exact) mass is 1130 g/mol. The third-order valence-electron chi connectivity index (χ3n) is 16.2. The quantitative estimate of drug-likeness (QED) is 0.0195. The standard InChI is InChI=1S/C69H129NO10/c1-3-5-7-9-11-13-14-33-37-41-45-49-53-57-65(74)78-58-54-50-46-42-38-35-32-30-28-26-24-22-20-18-16-15-17-19-21-23-25-27-29-31-34-36-40-44-48-52-56-64(73)70-61(62(72)55-51-47-43-39-12-10-8-6-4-2)60-79-69-68(77)67(76)66(75)63(59-71)80-69/h13-14,16,18,51,55,61-63,66-69,71-72,75-77H,3-12,15,17,19-50,52-54,56-60H2,1-2H3,(H,70,73)/b14-13-,18-16-,55-51+. The normalized spacial score (nSPS) is 18.5. The highest BCUT2D eigenvalue weighted by Crippen LogP contribution is 2.23. The van der Waals surface area contributed by atoms with Gasteiger partial charge in [0.1, 0.15) is 24.4 Å². The number of carbonyl (C=O) groups excluding carboxylic acids is 2. The van der Waals surface area contributed by atoms with Gasteiger partial charge in [-0.15, -0.1) is 0 Å². The van der Waals surface area contributed by atoms with Gasteiger partial charge >= 0.3 is 5.97 Å². The molecule has 80 heavy (non-hydrogen) atoms. The maximum absolute atomic E-state index is 13.0. The van der Waals surface area contributed by atoms with Crippen molar-refractivity contribution in [2.75, 3.05) is 19.8 Å². The van der Waals surface area contributed by atoms with E-state index in [0.717, 1.165) is 57.8 Å². The van der Waals surface area contributed by atoms with E-state index < -0.39 is 49.5 Å². The maximum atomic E-state index is 13.0. The number of esters is 1. The van der Waals surface area contributed by atoms with Crippen LogP contribution in [0.5, 0.6) is 0 Å². The lowest BCUT2D eigenvalue weighted by Crippen LogP contribution is -2.60. The first-order valence-electron chi connectivity index (χ1n) is 34.3. The van der Waals surface area contributed by atoms with Crippen molar-refractivity contribution in [2.45, 2.75) is 371 Å². The van der Waals surface area contributed by atoms with Gasteiger partial charge in [0, 0.05) is 12.8 Å². The van der Waals surface area contributed by atoms with Crippen LogP contribution in [0.15, 0.2) is 36.5 Å². The van der Waals surface area contributed by atoms with Crippen LogP contribution >= 0.6 is 0 Å². The summed E-state index contributed by atoms with van der Waals surface area (Å²) in [6, 6.07) is -0.807.